The molecule has 2 aromatic carbocycles. The van der Waals surface area contributed by atoms with Crippen molar-refractivity contribution in [3.05, 3.63) is 69.9 Å². The van der Waals surface area contributed by atoms with E-state index < -0.39 is 23.5 Å². The molecule has 0 bridgehead atoms. The van der Waals surface area contributed by atoms with Gasteiger partial charge in [0.05, 0.1) is 22.7 Å². The zero-order chi connectivity index (χ0) is 18.4. The van der Waals surface area contributed by atoms with Crippen LogP contribution in [0.25, 0.3) is 16.5 Å². The highest BCUT2D eigenvalue weighted by atomic mass is 19.4. The van der Waals surface area contributed by atoms with Gasteiger partial charge in [-0.25, -0.2) is 4.39 Å². The van der Waals surface area contributed by atoms with Gasteiger partial charge in [-0.2, -0.15) is 23.0 Å². The molecule has 0 aliphatic rings. The molecule has 0 saturated heterocycles. The molecule has 0 aliphatic heterocycles. The summed E-state index contributed by atoms with van der Waals surface area (Å²) in [5.74, 6) is -2.60. The van der Waals surface area contributed by atoms with Crippen molar-refractivity contribution in [2.45, 2.75) is 25.9 Å². The number of hydrogen-bond donors (Lipinski definition) is 0. The Labute approximate surface area is 140 Å². The summed E-state index contributed by atoms with van der Waals surface area (Å²) in [4.78, 5) is 12.7. The summed E-state index contributed by atoms with van der Waals surface area (Å²) in [6, 6.07) is 9.82. The van der Waals surface area contributed by atoms with Crippen molar-refractivity contribution in [2.24, 2.45) is 0 Å². The first-order valence-electron chi connectivity index (χ1n) is 7.55. The molecule has 0 aliphatic carbocycles. The Kier molecular flexibility index (Phi) is 4.10. The molecule has 0 amide bonds. The number of aryl methyl sites for hydroxylation is 1. The highest BCUT2D eigenvalue weighted by molar-refractivity contribution is 5.84. The van der Waals surface area contributed by atoms with E-state index in [0.29, 0.717) is 11.3 Å². The largest absolute Gasteiger partial charge is 0.397 e. The zero-order valence-corrected chi connectivity index (χ0v) is 13.4. The summed E-state index contributed by atoms with van der Waals surface area (Å²) < 4.78 is 54.3. The van der Waals surface area contributed by atoms with Gasteiger partial charge >= 0.3 is 6.18 Å². The number of aromatic nitrogens is 2. The monoisotopic (exact) mass is 350 g/mol. The summed E-state index contributed by atoms with van der Waals surface area (Å²) in [6.45, 7) is 2.68. The summed E-state index contributed by atoms with van der Waals surface area (Å²) in [6.07, 6.45) is -4.54. The molecule has 25 heavy (non-hydrogen) atoms. The first-order valence-corrected chi connectivity index (χ1v) is 7.55. The quantitative estimate of drug-likeness (QED) is 0.638. The Morgan fingerprint density at radius 1 is 1.08 bits per heavy atom. The summed E-state index contributed by atoms with van der Waals surface area (Å²) >= 11 is 0. The van der Waals surface area contributed by atoms with Crippen LogP contribution in [-0.4, -0.2) is 16.0 Å². The minimum atomic E-state index is -4.54. The van der Waals surface area contributed by atoms with E-state index in [0.717, 1.165) is 23.7 Å². The summed E-state index contributed by atoms with van der Waals surface area (Å²) in [5, 5.41) is 3.86. The molecule has 0 N–H and O–H groups in total. The Hall–Kier alpha value is -2.70. The van der Waals surface area contributed by atoms with Gasteiger partial charge < -0.3 is 0 Å². The molecule has 3 aromatic rings. The number of fused-ring (bicyclic) bond motifs is 1. The fourth-order valence-corrected chi connectivity index (χ4v) is 2.68. The molecule has 1 heterocycles. The predicted octanol–water partition coefficient (Wildman–Crippen LogP) is 4.50. The third-order valence-corrected chi connectivity index (χ3v) is 4.13. The number of halogens is 4. The van der Waals surface area contributed by atoms with Crippen molar-refractivity contribution in [1.82, 2.24) is 9.78 Å². The average molecular weight is 350 g/mol. The van der Waals surface area contributed by atoms with Crippen LogP contribution in [-0.2, 0) is 0 Å². The number of para-hydroxylation sites is 1. The van der Waals surface area contributed by atoms with E-state index >= 15 is 0 Å². The van der Waals surface area contributed by atoms with E-state index in [2.05, 4.69) is 5.10 Å². The van der Waals surface area contributed by atoms with Crippen molar-refractivity contribution in [2.75, 3.05) is 0 Å². The molecule has 0 spiro atoms. The lowest BCUT2D eigenvalue weighted by molar-refractivity contribution is -0.147. The molecular formula is C18H14F4N2O. The predicted molar refractivity (Wildman–Crippen MR) is 86.5 cm³/mol. The molecule has 3 rings (SSSR count). The molecule has 0 saturated carbocycles. The van der Waals surface area contributed by atoms with Crippen LogP contribution in [0.15, 0.2) is 47.3 Å². The third-order valence-electron chi connectivity index (χ3n) is 4.13. The maximum Gasteiger partial charge on any atom is 0.397 e. The normalized spacial score (nSPS) is 13.2. The van der Waals surface area contributed by atoms with Crippen LogP contribution in [0.3, 0.4) is 0 Å². The minimum absolute atomic E-state index is 0.000981. The lowest BCUT2D eigenvalue weighted by Crippen LogP contribution is -2.27. The van der Waals surface area contributed by atoms with Crippen molar-refractivity contribution in [1.29, 1.82) is 0 Å². The summed E-state index contributed by atoms with van der Waals surface area (Å²) in [5.41, 5.74) is 0.0417. The lowest BCUT2D eigenvalue weighted by Gasteiger charge is -2.19. The molecular weight excluding hydrogens is 336 g/mol. The Morgan fingerprint density at radius 2 is 1.76 bits per heavy atom. The van der Waals surface area contributed by atoms with Crippen molar-refractivity contribution in [3.63, 3.8) is 0 Å². The van der Waals surface area contributed by atoms with E-state index in [1.54, 1.807) is 31.2 Å². The maximum absolute atomic E-state index is 13.6. The smallest absolute Gasteiger partial charge is 0.267 e. The van der Waals surface area contributed by atoms with Gasteiger partial charge in [-0.15, -0.1) is 0 Å². The number of rotatable bonds is 2. The highest BCUT2D eigenvalue weighted by Gasteiger charge is 2.39. The third kappa shape index (κ3) is 3.01. The van der Waals surface area contributed by atoms with Crippen LogP contribution in [0, 0.1) is 12.7 Å². The molecule has 0 radical (unpaired) electrons. The topological polar surface area (TPSA) is 34.9 Å². The van der Waals surface area contributed by atoms with E-state index in [1.165, 1.54) is 6.07 Å². The molecule has 7 heteroatoms. The van der Waals surface area contributed by atoms with E-state index in [1.807, 2.05) is 0 Å². The second-order valence-electron chi connectivity index (χ2n) is 5.84. The molecule has 3 nitrogen and oxygen atoms in total. The van der Waals surface area contributed by atoms with Crippen molar-refractivity contribution in [3.8, 4) is 5.69 Å². The van der Waals surface area contributed by atoms with Gasteiger partial charge in [0.2, 0.25) is 0 Å². The van der Waals surface area contributed by atoms with E-state index in [-0.39, 0.29) is 16.5 Å². The molecule has 1 unspecified atom stereocenters. The van der Waals surface area contributed by atoms with Gasteiger partial charge in [0.15, 0.2) is 0 Å². The van der Waals surface area contributed by atoms with Gasteiger partial charge in [0.25, 0.3) is 5.56 Å². The van der Waals surface area contributed by atoms with Crippen LogP contribution in [0.2, 0.25) is 0 Å². The van der Waals surface area contributed by atoms with Gasteiger partial charge in [-0.3, -0.25) is 4.79 Å². The average Bonchev–Trinajstić information content (AvgIpc) is 2.55. The standard InChI is InChI=1S/C18H14F4N2O/c1-10-5-3-4-6-15(10)24-17(25)14-9-12(19)7-8-13(14)16(23-24)11(2)18(20,21)22/h3-9,11H,1-2H3. The molecule has 1 aromatic heterocycles. The van der Waals surface area contributed by atoms with Crippen LogP contribution in [0.5, 0.6) is 0 Å². The number of benzene rings is 2. The van der Waals surface area contributed by atoms with Gasteiger partial charge in [-0.1, -0.05) is 18.2 Å². The Morgan fingerprint density at radius 3 is 2.40 bits per heavy atom. The Balaban J connectivity index is 2.42. The first kappa shape index (κ1) is 17.1. The summed E-state index contributed by atoms with van der Waals surface area (Å²) in [7, 11) is 0. The van der Waals surface area contributed by atoms with E-state index in [9.17, 15) is 22.4 Å². The molecule has 130 valence electrons. The number of alkyl halides is 3. The maximum atomic E-state index is 13.6. The first-order chi connectivity index (χ1) is 11.7. The fourth-order valence-electron chi connectivity index (χ4n) is 2.68. The van der Waals surface area contributed by atoms with E-state index in [4.69, 9.17) is 0 Å². The van der Waals surface area contributed by atoms with Crippen LogP contribution >= 0.6 is 0 Å². The second-order valence-corrected chi connectivity index (χ2v) is 5.84. The fraction of sp³-hybridized carbons (Fsp3) is 0.222. The second kappa shape index (κ2) is 5.98. The van der Waals surface area contributed by atoms with Crippen molar-refractivity contribution >= 4 is 10.8 Å². The molecule has 0 fully saturated rings. The van der Waals surface area contributed by atoms with Crippen LogP contribution in [0.4, 0.5) is 17.6 Å². The molecule has 1 atom stereocenters. The number of nitrogens with zero attached hydrogens (tertiary/aromatic N) is 2. The minimum Gasteiger partial charge on any atom is -0.267 e. The Bertz CT molecular complexity index is 1010. The van der Waals surface area contributed by atoms with Gasteiger partial charge in [-0.05, 0) is 43.7 Å². The van der Waals surface area contributed by atoms with Gasteiger partial charge in [0.1, 0.15) is 5.82 Å². The SMILES string of the molecule is Cc1ccccc1-n1nc(C(C)C(F)(F)F)c2ccc(F)cc2c1=O. The zero-order valence-electron chi connectivity index (χ0n) is 13.4. The van der Waals surface area contributed by atoms with Gasteiger partial charge in [0, 0.05) is 5.39 Å². The lowest BCUT2D eigenvalue weighted by atomic mass is 10.0. The number of hydrogen-bond acceptors (Lipinski definition) is 2. The van der Waals surface area contributed by atoms with Crippen molar-refractivity contribution < 1.29 is 17.6 Å². The van der Waals surface area contributed by atoms with Crippen LogP contribution < -0.4 is 5.56 Å². The highest BCUT2D eigenvalue weighted by Crippen LogP contribution is 2.36. The van der Waals surface area contributed by atoms with Crippen LogP contribution in [0.1, 0.15) is 24.1 Å².